The van der Waals surface area contributed by atoms with Gasteiger partial charge in [-0.15, -0.1) is 0 Å². The van der Waals surface area contributed by atoms with Gasteiger partial charge in [-0.3, -0.25) is 0 Å². The predicted molar refractivity (Wildman–Crippen MR) is 111 cm³/mol. The zero-order valence-electron chi connectivity index (χ0n) is 15.3. The third kappa shape index (κ3) is 4.07. The molecule has 0 aliphatic rings. The van der Waals surface area contributed by atoms with E-state index < -0.39 is 5.97 Å². The Bertz CT molecular complexity index is 1100. The van der Waals surface area contributed by atoms with Crippen LogP contribution in [0, 0.1) is 0 Å². The lowest BCUT2D eigenvalue weighted by atomic mass is 10.0. The van der Waals surface area contributed by atoms with Gasteiger partial charge < -0.3 is 22.3 Å². The van der Waals surface area contributed by atoms with Gasteiger partial charge in [0, 0.05) is 10.9 Å². The molecular formula is C20H20N6O2. The Kier molecular flexibility index (Phi) is 5.21. The molecule has 1 heterocycles. The highest BCUT2D eigenvalue weighted by atomic mass is 16.4. The van der Waals surface area contributed by atoms with E-state index in [0.29, 0.717) is 22.3 Å². The molecule has 0 bridgehead atoms. The van der Waals surface area contributed by atoms with Crippen LogP contribution >= 0.6 is 0 Å². The number of nitrogens with two attached hydrogens (primary N) is 3. The van der Waals surface area contributed by atoms with Gasteiger partial charge in [-0.1, -0.05) is 25.1 Å². The van der Waals surface area contributed by atoms with Crippen LogP contribution in [0.1, 0.15) is 22.8 Å². The summed E-state index contributed by atoms with van der Waals surface area (Å²) in [6.07, 6.45) is 0.821. The van der Waals surface area contributed by atoms with E-state index in [0.717, 1.165) is 17.5 Å². The molecule has 2 aromatic carbocycles. The topological polar surface area (TPSA) is 153 Å². The lowest BCUT2D eigenvalue weighted by molar-refractivity contribution is 0.0699. The summed E-state index contributed by atoms with van der Waals surface area (Å²) in [4.78, 5) is 24.1. The van der Waals surface area contributed by atoms with E-state index in [4.69, 9.17) is 17.2 Å². The van der Waals surface area contributed by atoms with Crippen molar-refractivity contribution in [3.8, 4) is 11.3 Å². The second-order valence-corrected chi connectivity index (χ2v) is 6.12. The molecule has 0 aliphatic heterocycles. The molecule has 0 amide bonds. The van der Waals surface area contributed by atoms with Crippen molar-refractivity contribution in [1.82, 2.24) is 4.98 Å². The Morgan fingerprint density at radius 3 is 2.39 bits per heavy atom. The number of carboxylic acids is 1. The monoisotopic (exact) mass is 376 g/mol. The number of guanidine groups is 2. The van der Waals surface area contributed by atoms with E-state index in [2.05, 4.69) is 15.0 Å². The minimum Gasteiger partial charge on any atom is -0.478 e. The Balaban J connectivity index is 2.04. The van der Waals surface area contributed by atoms with Gasteiger partial charge in [0.15, 0.2) is 5.96 Å². The molecule has 8 nitrogen and oxygen atoms in total. The molecule has 8 heteroatoms. The fraction of sp³-hybridized carbons (Fsp3) is 0.100. The van der Waals surface area contributed by atoms with Crippen LogP contribution < -0.4 is 17.2 Å². The number of nitrogens with zero attached hydrogens (tertiary/aromatic N) is 3. The molecular weight excluding hydrogens is 356 g/mol. The first-order valence-corrected chi connectivity index (χ1v) is 8.58. The summed E-state index contributed by atoms with van der Waals surface area (Å²) in [5, 5.41) is 10.3. The van der Waals surface area contributed by atoms with Gasteiger partial charge in [-0.25, -0.2) is 14.8 Å². The lowest BCUT2D eigenvalue weighted by Gasteiger charge is -2.09. The number of carbonyl (C=O) groups is 1. The standard InChI is InChI=1S/C20H20N6O2/c1-2-11-3-8-16-14(9-11)15(18(27)28)10-17(25-16)12-4-6-13(7-5-12)24-20(23)26-19(21)22/h3-10H,2H2,1H3,(H,27,28)(H6,21,22,23,24,26). The number of carboxylic acid groups (broad SMARTS) is 1. The Morgan fingerprint density at radius 2 is 1.79 bits per heavy atom. The van der Waals surface area contributed by atoms with Crippen molar-refractivity contribution in [2.75, 3.05) is 0 Å². The van der Waals surface area contributed by atoms with E-state index in [1.54, 1.807) is 30.3 Å². The van der Waals surface area contributed by atoms with Crippen LogP contribution in [-0.2, 0) is 6.42 Å². The first kappa shape index (κ1) is 18.8. The van der Waals surface area contributed by atoms with Crippen molar-refractivity contribution in [2.45, 2.75) is 13.3 Å². The maximum Gasteiger partial charge on any atom is 0.336 e. The second kappa shape index (κ2) is 7.75. The summed E-state index contributed by atoms with van der Waals surface area (Å²) in [6, 6.07) is 14.3. The van der Waals surface area contributed by atoms with Crippen LogP contribution in [0.3, 0.4) is 0 Å². The molecule has 1 aromatic heterocycles. The van der Waals surface area contributed by atoms with Crippen molar-refractivity contribution < 1.29 is 9.90 Å². The largest absolute Gasteiger partial charge is 0.478 e. The molecule has 0 saturated carbocycles. The average Bonchev–Trinajstić information content (AvgIpc) is 2.66. The van der Waals surface area contributed by atoms with E-state index in [9.17, 15) is 9.90 Å². The van der Waals surface area contributed by atoms with E-state index in [1.807, 2.05) is 25.1 Å². The highest BCUT2D eigenvalue weighted by Crippen LogP contribution is 2.27. The summed E-state index contributed by atoms with van der Waals surface area (Å²) in [5.41, 5.74) is 19.9. The van der Waals surface area contributed by atoms with Gasteiger partial charge in [-0.05, 0) is 42.3 Å². The Morgan fingerprint density at radius 1 is 1.07 bits per heavy atom. The molecule has 0 aliphatic carbocycles. The van der Waals surface area contributed by atoms with Crippen molar-refractivity contribution in [2.24, 2.45) is 27.2 Å². The van der Waals surface area contributed by atoms with Crippen LogP contribution in [0.15, 0.2) is 58.5 Å². The Hall–Kier alpha value is -3.94. The smallest absolute Gasteiger partial charge is 0.336 e. The molecule has 0 fully saturated rings. The van der Waals surface area contributed by atoms with Gasteiger partial charge >= 0.3 is 5.97 Å². The average molecular weight is 376 g/mol. The first-order valence-electron chi connectivity index (χ1n) is 8.58. The first-order chi connectivity index (χ1) is 13.4. The Labute approximate surface area is 161 Å². The molecule has 0 unspecified atom stereocenters. The molecule has 3 rings (SSSR count). The molecule has 0 spiro atoms. The number of aryl methyl sites for hydroxylation is 1. The third-order valence-electron chi connectivity index (χ3n) is 4.16. The van der Waals surface area contributed by atoms with Crippen molar-refractivity contribution in [1.29, 1.82) is 0 Å². The molecule has 3 aromatic rings. The van der Waals surface area contributed by atoms with Crippen LogP contribution in [-0.4, -0.2) is 28.0 Å². The molecule has 28 heavy (non-hydrogen) atoms. The minimum absolute atomic E-state index is 0.0588. The predicted octanol–water partition coefficient (Wildman–Crippen LogP) is 2.38. The van der Waals surface area contributed by atoms with Crippen molar-refractivity contribution in [3.63, 3.8) is 0 Å². The lowest BCUT2D eigenvalue weighted by Crippen LogP contribution is -2.26. The highest BCUT2D eigenvalue weighted by molar-refractivity contribution is 6.04. The van der Waals surface area contributed by atoms with Gasteiger partial charge in [0.1, 0.15) is 0 Å². The number of aliphatic imine (C=N–C) groups is 2. The SMILES string of the molecule is CCc1ccc2nc(-c3ccc(N=C(N)N=C(N)N)cc3)cc(C(=O)O)c2c1. The maximum atomic E-state index is 11.8. The van der Waals surface area contributed by atoms with Crippen molar-refractivity contribution >= 4 is 34.5 Å². The van der Waals surface area contributed by atoms with Crippen LogP contribution in [0.2, 0.25) is 0 Å². The maximum absolute atomic E-state index is 11.8. The van der Waals surface area contributed by atoms with E-state index in [1.165, 1.54) is 0 Å². The number of aromatic nitrogens is 1. The second-order valence-electron chi connectivity index (χ2n) is 6.12. The van der Waals surface area contributed by atoms with Crippen LogP contribution in [0.4, 0.5) is 5.69 Å². The van der Waals surface area contributed by atoms with Crippen molar-refractivity contribution in [3.05, 3.63) is 59.7 Å². The molecule has 7 N–H and O–H groups in total. The number of fused-ring (bicyclic) bond motifs is 1. The summed E-state index contributed by atoms with van der Waals surface area (Å²) in [6.45, 7) is 2.02. The molecule has 142 valence electrons. The van der Waals surface area contributed by atoms with E-state index >= 15 is 0 Å². The summed E-state index contributed by atoms with van der Waals surface area (Å²) in [5.74, 6) is -1.23. The number of pyridine rings is 1. The third-order valence-corrected chi connectivity index (χ3v) is 4.16. The number of hydrogen-bond donors (Lipinski definition) is 4. The molecule has 0 atom stereocenters. The van der Waals surface area contributed by atoms with Crippen LogP contribution in [0.25, 0.3) is 22.2 Å². The molecule has 0 radical (unpaired) electrons. The van der Waals surface area contributed by atoms with Gasteiger partial charge in [0.2, 0.25) is 5.96 Å². The van der Waals surface area contributed by atoms with Gasteiger partial charge in [0.25, 0.3) is 0 Å². The highest BCUT2D eigenvalue weighted by Gasteiger charge is 2.13. The van der Waals surface area contributed by atoms with Gasteiger partial charge in [-0.2, -0.15) is 4.99 Å². The molecule has 0 saturated heterocycles. The quantitative estimate of drug-likeness (QED) is 0.405. The summed E-state index contributed by atoms with van der Waals surface area (Å²) < 4.78 is 0. The zero-order valence-corrected chi connectivity index (χ0v) is 15.3. The normalized spacial score (nSPS) is 11.4. The van der Waals surface area contributed by atoms with E-state index in [-0.39, 0.29) is 17.5 Å². The number of rotatable bonds is 4. The fourth-order valence-corrected chi connectivity index (χ4v) is 2.81. The number of aromatic carboxylic acids is 1. The summed E-state index contributed by atoms with van der Waals surface area (Å²) >= 11 is 0. The van der Waals surface area contributed by atoms with Gasteiger partial charge in [0.05, 0.1) is 22.5 Å². The number of benzene rings is 2. The van der Waals surface area contributed by atoms with Crippen LogP contribution in [0.5, 0.6) is 0 Å². The zero-order chi connectivity index (χ0) is 20.3. The number of hydrogen-bond acceptors (Lipinski definition) is 3. The summed E-state index contributed by atoms with van der Waals surface area (Å²) in [7, 11) is 0. The fourth-order valence-electron chi connectivity index (χ4n) is 2.81. The minimum atomic E-state index is -0.992.